The molecule has 4 aromatic rings. The summed E-state index contributed by atoms with van der Waals surface area (Å²) in [5.41, 5.74) is 4.26. The van der Waals surface area contributed by atoms with Crippen LogP contribution >= 0.6 is 0 Å². The highest BCUT2D eigenvalue weighted by atomic mass is 16.5. The Bertz CT molecular complexity index is 1310. The maximum Gasteiger partial charge on any atom is 0.338 e. The van der Waals surface area contributed by atoms with Crippen molar-refractivity contribution in [3.05, 3.63) is 83.4 Å². The number of nitrogens with one attached hydrogen (secondary N) is 2. The summed E-state index contributed by atoms with van der Waals surface area (Å²) >= 11 is 0. The smallest absolute Gasteiger partial charge is 0.338 e. The van der Waals surface area contributed by atoms with E-state index in [1.54, 1.807) is 18.2 Å². The molecule has 0 aliphatic rings. The van der Waals surface area contributed by atoms with Crippen molar-refractivity contribution < 1.29 is 24.2 Å². The Kier molecular flexibility index (Phi) is 5.67. The van der Waals surface area contributed by atoms with Crippen LogP contribution in [0.4, 0.5) is 5.69 Å². The third-order valence-electron chi connectivity index (χ3n) is 4.79. The van der Waals surface area contributed by atoms with E-state index in [0.717, 1.165) is 11.1 Å². The molecule has 3 N–H and O–H groups in total. The molecule has 0 bridgehead atoms. The number of aromatic amines is 1. The molecule has 0 aliphatic carbocycles. The van der Waals surface area contributed by atoms with Crippen LogP contribution < -0.4 is 5.32 Å². The molecule has 0 aliphatic heterocycles. The number of carbonyl (C=O) groups excluding carboxylic acids is 2. The van der Waals surface area contributed by atoms with Crippen LogP contribution in [-0.2, 0) is 9.53 Å². The monoisotopic (exact) mass is 429 g/mol. The summed E-state index contributed by atoms with van der Waals surface area (Å²) in [7, 11) is 0. The van der Waals surface area contributed by atoms with Crippen LogP contribution in [0.25, 0.3) is 22.4 Å². The molecule has 4 rings (SSSR count). The highest BCUT2D eigenvalue weighted by Crippen LogP contribution is 2.22. The molecule has 160 valence electrons. The number of amides is 1. The maximum atomic E-state index is 12.4. The Morgan fingerprint density at radius 3 is 2.34 bits per heavy atom. The molecule has 3 aromatic carbocycles. The van der Waals surface area contributed by atoms with E-state index in [9.17, 15) is 14.4 Å². The molecule has 0 unspecified atom stereocenters. The maximum absolute atomic E-state index is 12.4. The van der Waals surface area contributed by atoms with Gasteiger partial charge in [-0.2, -0.15) is 0 Å². The average Bonchev–Trinajstić information content (AvgIpc) is 3.21. The van der Waals surface area contributed by atoms with Crippen LogP contribution in [0.15, 0.2) is 66.7 Å². The zero-order chi connectivity index (χ0) is 22.7. The summed E-state index contributed by atoms with van der Waals surface area (Å²) in [5, 5.41) is 11.4. The first-order valence-electron chi connectivity index (χ1n) is 9.76. The van der Waals surface area contributed by atoms with Crippen molar-refractivity contribution >= 4 is 34.6 Å². The normalized spacial score (nSPS) is 10.7. The number of H-pyrrole nitrogens is 1. The lowest BCUT2D eigenvalue weighted by Crippen LogP contribution is -2.21. The molecule has 0 atom stereocenters. The zero-order valence-electron chi connectivity index (χ0n) is 17.1. The second-order valence-electron chi connectivity index (χ2n) is 7.19. The van der Waals surface area contributed by atoms with Gasteiger partial charge in [-0.05, 0) is 49.4 Å². The predicted octanol–water partition coefficient (Wildman–Crippen LogP) is 4.03. The van der Waals surface area contributed by atoms with Crippen LogP contribution in [0.1, 0.15) is 26.3 Å². The molecule has 32 heavy (non-hydrogen) atoms. The molecule has 8 nitrogen and oxygen atoms in total. The number of hydrogen-bond donors (Lipinski definition) is 3. The van der Waals surface area contributed by atoms with Gasteiger partial charge >= 0.3 is 11.9 Å². The number of fused-ring (bicyclic) bond motifs is 1. The number of imidazole rings is 1. The largest absolute Gasteiger partial charge is 0.478 e. The third kappa shape index (κ3) is 4.65. The van der Waals surface area contributed by atoms with E-state index in [0.29, 0.717) is 22.5 Å². The van der Waals surface area contributed by atoms with E-state index in [1.807, 2.05) is 31.2 Å². The minimum absolute atomic E-state index is 0.106. The fourth-order valence-electron chi connectivity index (χ4n) is 3.09. The summed E-state index contributed by atoms with van der Waals surface area (Å²) in [6, 6.07) is 18.5. The van der Waals surface area contributed by atoms with Crippen LogP contribution in [0, 0.1) is 6.92 Å². The van der Waals surface area contributed by atoms with Gasteiger partial charge in [-0.1, -0.05) is 29.8 Å². The highest BCUT2D eigenvalue weighted by Gasteiger charge is 2.13. The van der Waals surface area contributed by atoms with Crippen molar-refractivity contribution in [1.82, 2.24) is 9.97 Å². The van der Waals surface area contributed by atoms with Crippen molar-refractivity contribution in [2.45, 2.75) is 6.92 Å². The zero-order valence-corrected chi connectivity index (χ0v) is 17.1. The van der Waals surface area contributed by atoms with Gasteiger partial charge < -0.3 is 20.1 Å². The van der Waals surface area contributed by atoms with Gasteiger partial charge in [0.2, 0.25) is 0 Å². The van der Waals surface area contributed by atoms with E-state index < -0.39 is 24.5 Å². The molecule has 0 saturated heterocycles. The lowest BCUT2D eigenvalue weighted by Gasteiger charge is -2.07. The fraction of sp³-hybridized carbons (Fsp3) is 0.0833. The van der Waals surface area contributed by atoms with Crippen LogP contribution in [0.5, 0.6) is 0 Å². The Balaban J connectivity index is 1.39. The van der Waals surface area contributed by atoms with Gasteiger partial charge in [0.25, 0.3) is 5.91 Å². The van der Waals surface area contributed by atoms with Gasteiger partial charge in [-0.15, -0.1) is 0 Å². The second kappa shape index (κ2) is 8.73. The number of aromatic carboxylic acids is 1. The molecular formula is C24H19N3O5. The number of esters is 1. The summed E-state index contributed by atoms with van der Waals surface area (Å²) in [5.74, 6) is -1.55. The summed E-state index contributed by atoms with van der Waals surface area (Å²) in [6.45, 7) is 1.53. The van der Waals surface area contributed by atoms with E-state index in [-0.39, 0.29) is 11.1 Å². The fourth-order valence-corrected chi connectivity index (χ4v) is 3.09. The van der Waals surface area contributed by atoms with E-state index in [4.69, 9.17) is 9.84 Å². The number of nitrogens with zero attached hydrogens (tertiary/aromatic N) is 1. The van der Waals surface area contributed by atoms with Gasteiger partial charge in [0.15, 0.2) is 6.61 Å². The molecule has 0 fully saturated rings. The number of benzene rings is 3. The number of anilines is 1. The Labute approximate surface area is 182 Å². The van der Waals surface area contributed by atoms with Crippen molar-refractivity contribution in [2.24, 2.45) is 0 Å². The first-order chi connectivity index (χ1) is 15.4. The quantitative estimate of drug-likeness (QED) is 0.398. The number of carboxylic acid groups (broad SMARTS) is 1. The van der Waals surface area contributed by atoms with E-state index in [1.165, 1.54) is 24.3 Å². The number of carboxylic acids is 1. The molecule has 0 radical (unpaired) electrons. The van der Waals surface area contributed by atoms with Gasteiger partial charge in [-0.3, -0.25) is 4.79 Å². The second-order valence-corrected chi connectivity index (χ2v) is 7.19. The topological polar surface area (TPSA) is 121 Å². The van der Waals surface area contributed by atoms with Crippen molar-refractivity contribution in [3.63, 3.8) is 0 Å². The van der Waals surface area contributed by atoms with Crippen molar-refractivity contribution in [1.29, 1.82) is 0 Å². The first-order valence-corrected chi connectivity index (χ1v) is 9.76. The number of ether oxygens (including phenoxy) is 1. The lowest BCUT2D eigenvalue weighted by molar-refractivity contribution is -0.119. The Morgan fingerprint density at radius 2 is 1.66 bits per heavy atom. The minimum atomic E-state index is -1.06. The summed E-state index contributed by atoms with van der Waals surface area (Å²) in [6.07, 6.45) is 0. The molecule has 0 spiro atoms. The van der Waals surface area contributed by atoms with Crippen molar-refractivity contribution in [2.75, 3.05) is 11.9 Å². The molecule has 1 aromatic heterocycles. The summed E-state index contributed by atoms with van der Waals surface area (Å²) < 4.78 is 5.10. The van der Waals surface area contributed by atoms with Crippen LogP contribution in [0.2, 0.25) is 0 Å². The van der Waals surface area contributed by atoms with E-state index in [2.05, 4.69) is 15.3 Å². The SMILES string of the molecule is Cc1ccc(-c2nc3ccc(C(=O)OCC(=O)Nc4ccc(C(=O)O)cc4)cc3[nH]2)cc1. The molecule has 8 heteroatoms. The van der Waals surface area contributed by atoms with Crippen LogP contribution in [-0.4, -0.2) is 39.5 Å². The van der Waals surface area contributed by atoms with Gasteiger partial charge in [0.1, 0.15) is 5.82 Å². The van der Waals surface area contributed by atoms with Gasteiger partial charge in [0.05, 0.1) is 22.2 Å². The molecule has 0 saturated carbocycles. The average molecular weight is 429 g/mol. The van der Waals surface area contributed by atoms with Crippen LogP contribution in [0.3, 0.4) is 0 Å². The molecular weight excluding hydrogens is 410 g/mol. The minimum Gasteiger partial charge on any atom is -0.478 e. The van der Waals surface area contributed by atoms with E-state index >= 15 is 0 Å². The Morgan fingerprint density at radius 1 is 0.969 bits per heavy atom. The molecule has 1 amide bonds. The predicted molar refractivity (Wildman–Crippen MR) is 119 cm³/mol. The third-order valence-corrected chi connectivity index (χ3v) is 4.79. The highest BCUT2D eigenvalue weighted by molar-refractivity contribution is 5.97. The number of aromatic nitrogens is 2. The Hall–Kier alpha value is -4.46. The number of rotatable bonds is 6. The lowest BCUT2D eigenvalue weighted by atomic mass is 10.1. The number of carbonyl (C=O) groups is 3. The summed E-state index contributed by atoms with van der Waals surface area (Å²) in [4.78, 5) is 43.0. The van der Waals surface area contributed by atoms with Gasteiger partial charge in [0, 0.05) is 11.3 Å². The first kappa shape index (κ1) is 20.8. The van der Waals surface area contributed by atoms with Crippen molar-refractivity contribution in [3.8, 4) is 11.4 Å². The standard InChI is InChI=1S/C24H19N3O5/c1-14-2-4-15(5-3-14)22-26-19-11-8-17(12-20(19)27-22)24(31)32-13-21(28)25-18-9-6-16(7-10-18)23(29)30/h2-12H,13H2,1H3,(H,25,28)(H,26,27)(H,29,30). The number of hydrogen-bond acceptors (Lipinski definition) is 5. The molecule has 1 heterocycles. The number of aryl methyl sites for hydroxylation is 1. The van der Waals surface area contributed by atoms with Gasteiger partial charge in [-0.25, -0.2) is 14.6 Å².